The number of likely N-dealkylation sites (tertiary alicyclic amines) is 1. The topological polar surface area (TPSA) is 30.3 Å². The van der Waals surface area contributed by atoms with Gasteiger partial charge < -0.3 is 4.90 Å². The normalized spacial score (nSPS) is 26.2. The third-order valence-electron chi connectivity index (χ3n) is 2.88. The van der Waals surface area contributed by atoms with E-state index in [1.165, 1.54) is 19.5 Å². The summed E-state index contributed by atoms with van der Waals surface area (Å²) in [6.45, 7) is 5.40. The smallest absolute Gasteiger partial charge is 0.0946 e. The van der Waals surface area contributed by atoms with Crippen LogP contribution in [0, 0.1) is 17.2 Å². The molecule has 1 aliphatic heterocycles. The fourth-order valence-electron chi connectivity index (χ4n) is 1.84. The molecule has 1 rings (SSSR count). The van der Waals surface area contributed by atoms with Crippen molar-refractivity contribution in [1.82, 2.24) is 9.80 Å². The summed E-state index contributed by atoms with van der Waals surface area (Å²) in [6.07, 6.45) is 1.28. The van der Waals surface area contributed by atoms with Gasteiger partial charge in [-0.2, -0.15) is 5.26 Å². The SMILES string of the molecule is CC(C#N)N(C)CC1CCN(C)C1. The number of hydrogen-bond acceptors (Lipinski definition) is 3. The summed E-state index contributed by atoms with van der Waals surface area (Å²) in [5, 5.41) is 8.73. The number of rotatable bonds is 3. The van der Waals surface area contributed by atoms with E-state index in [2.05, 4.69) is 22.9 Å². The Morgan fingerprint density at radius 3 is 2.85 bits per heavy atom. The molecule has 1 heterocycles. The van der Waals surface area contributed by atoms with Crippen LogP contribution in [0.5, 0.6) is 0 Å². The van der Waals surface area contributed by atoms with Gasteiger partial charge in [0.2, 0.25) is 0 Å². The second-order valence-electron chi connectivity index (χ2n) is 4.16. The molecule has 3 nitrogen and oxygen atoms in total. The molecule has 0 bridgehead atoms. The Bertz CT molecular complexity index is 197. The van der Waals surface area contributed by atoms with Gasteiger partial charge in [-0.05, 0) is 39.9 Å². The van der Waals surface area contributed by atoms with Gasteiger partial charge in [0.15, 0.2) is 0 Å². The average molecular weight is 181 g/mol. The predicted molar refractivity (Wildman–Crippen MR) is 53.3 cm³/mol. The van der Waals surface area contributed by atoms with Gasteiger partial charge in [-0.3, -0.25) is 4.90 Å². The van der Waals surface area contributed by atoms with E-state index in [1.807, 2.05) is 14.0 Å². The average Bonchev–Trinajstić information content (AvgIpc) is 2.49. The predicted octanol–water partition coefficient (Wildman–Crippen LogP) is 0.782. The second kappa shape index (κ2) is 4.59. The van der Waals surface area contributed by atoms with Crippen molar-refractivity contribution in [2.75, 3.05) is 33.7 Å². The molecule has 0 saturated carbocycles. The van der Waals surface area contributed by atoms with Gasteiger partial charge in [-0.15, -0.1) is 0 Å². The molecular weight excluding hydrogens is 162 g/mol. The summed E-state index contributed by atoms with van der Waals surface area (Å²) in [7, 11) is 4.19. The maximum absolute atomic E-state index is 8.73. The zero-order valence-electron chi connectivity index (χ0n) is 8.82. The molecule has 1 aliphatic rings. The van der Waals surface area contributed by atoms with Crippen molar-refractivity contribution in [2.24, 2.45) is 5.92 Å². The van der Waals surface area contributed by atoms with Crippen molar-refractivity contribution in [3.63, 3.8) is 0 Å². The van der Waals surface area contributed by atoms with E-state index < -0.39 is 0 Å². The van der Waals surface area contributed by atoms with Gasteiger partial charge in [0.25, 0.3) is 0 Å². The fraction of sp³-hybridized carbons (Fsp3) is 0.900. The van der Waals surface area contributed by atoms with Crippen LogP contribution in [0.1, 0.15) is 13.3 Å². The first-order chi connectivity index (χ1) is 6.13. The Hall–Kier alpha value is -0.590. The summed E-state index contributed by atoms with van der Waals surface area (Å²) in [4.78, 5) is 4.50. The quantitative estimate of drug-likeness (QED) is 0.644. The van der Waals surface area contributed by atoms with Crippen LogP contribution >= 0.6 is 0 Å². The minimum atomic E-state index is 0.0471. The number of hydrogen-bond donors (Lipinski definition) is 0. The van der Waals surface area contributed by atoms with Crippen molar-refractivity contribution < 1.29 is 0 Å². The van der Waals surface area contributed by atoms with E-state index in [9.17, 15) is 0 Å². The summed E-state index contributed by atoms with van der Waals surface area (Å²) in [5.41, 5.74) is 0. The Balaban J connectivity index is 2.29. The van der Waals surface area contributed by atoms with Crippen LogP contribution in [0.15, 0.2) is 0 Å². The molecule has 0 aliphatic carbocycles. The lowest BCUT2D eigenvalue weighted by Crippen LogP contribution is -2.33. The minimum absolute atomic E-state index is 0.0471. The van der Waals surface area contributed by atoms with Crippen LogP contribution in [0.3, 0.4) is 0 Å². The second-order valence-corrected chi connectivity index (χ2v) is 4.16. The first-order valence-corrected chi connectivity index (χ1v) is 4.92. The summed E-state index contributed by atoms with van der Waals surface area (Å²) in [5.74, 6) is 0.755. The molecule has 3 heteroatoms. The van der Waals surface area contributed by atoms with E-state index in [0.29, 0.717) is 0 Å². The molecular formula is C10H19N3. The van der Waals surface area contributed by atoms with Gasteiger partial charge in [-0.1, -0.05) is 0 Å². The summed E-state index contributed by atoms with van der Waals surface area (Å²) in [6, 6.07) is 2.31. The van der Waals surface area contributed by atoms with Gasteiger partial charge in [0, 0.05) is 13.1 Å². The van der Waals surface area contributed by atoms with Gasteiger partial charge in [0.05, 0.1) is 12.1 Å². The Kier molecular flexibility index (Phi) is 3.71. The molecule has 74 valence electrons. The molecule has 2 unspecified atom stereocenters. The maximum Gasteiger partial charge on any atom is 0.0946 e. The van der Waals surface area contributed by atoms with Crippen molar-refractivity contribution in [3.8, 4) is 6.07 Å². The molecule has 1 saturated heterocycles. The molecule has 2 atom stereocenters. The van der Waals surface area contributed by atoms with Crippen molar-refractivity contribution in [2.45, 2.75) is 19.4 Å². The Morgan fingerprint density at radius 2 is 2.38 bits per heavy atom. The zero-order chi connectivity index (χ0) is 9.84. The molecule has 0 radical (unpaired) electrons. The van der Waals surface area contributed by atoms with E-state index >= 15 is 0 Å². The van der Waals surface area contributed by atoms with Crippen LogP contribution in [-0.4, -0.2) is 49.6 Å². The van der Waals surface area contributed by atoms with Crippen LogP contribution in [0.2, 0.25) is 0 Å². The zero-order valence-corrected chi connectivity index (χ0v) is 8.82. The molecule has 0 amide bonds. The largest absolute Gasteiger partial charge is 0.306 e. The molecule has 0 aromatic carbocycles. The van der Waals surface area contributed by atoms with Gasteiger partial charge >= 0.3 is 0 Å². The standard InChI is InChI=1S/C10H19N3/c1-9(6-11)13(3)8-10-4-5-12(2)7-10/h9-10H,4-5,7-8H2,1-3H3. The van der Waals surface area contributed by atoms with Crippen molar-refractivity contribution in [1.29, 1.82) is 5.26 Å². The minimum Gasteiger partial charge on any atom is -0.306 e. The van der Waals surface area contributed by atoms with E-state index in [1.54, 1.807) is 0 Å². The van der Waals surface area contributed by atoms with Crippen LogP contribution in [0.25, 0.3) is 0 Å². The Morgan fingerprint density at radius 1 is 1.69 bits per heavy atom. The van der Waals surface area contributed by atoms with Crippen LogP contribution in [-0.2, 0) is 0 Å². The molecule has 0 N–H and O–H groups in total. The highest BCUT2D eigenvalue weighted by Crippen LogP contribution is 2.15. The van der Waals surface area contributed by atoms with E-state index in [4.69, 9.17) is 5.26 Å². The third kappa shape index (κ3) is 2.98. The van der Waals surface area contributed by atoms with Crippen LogP contribution in [0.4, 0.5) is 0 Å². The highest BCUT2D eigenvalue weighted by atomic mass is 15.2. The van der Waals surface area contributed by atoms with Gasteiger partial charge in [0.1, 0.15) is 0 Å². The summed E-state index contributed by atoms with van der Waals surface area (Å²) >= 11 is 0. The first-order valence-electron chi connectivity index (χ1n) is 4.92. The molecule has 1 fully saturated rings. The van der Waals surface area contributed by atoms with E-state index in [-0.39, 0.29) is 6.04 Å². The maximum atomic E-state index is 8.73. The third-order valence-corrected chi connectivity index (χ3v) is 2.88. The number of nitrogens with zero attached hydrogens (tertiary/aromatic N) is 3. The van der Waals surface area contributed by atoms with E-state index in [0.717, 1.165) is 12.5 Å². The first kappa shape index (κ1) is 10.5. The lowest BCUT2D eigenvalue weighted by Gasteiger charge is -2.22. The molecule has 0 aromatic rings. The Labute approximate surface area is 80.9 Å². The molecule has 0 aromatic heterocycles. The van der Waals surface area contributed by atoms with Crippen molar-refractivity contribution in [3.05, 3.63) is 0 Å². The lowest BCUT2D eigenvalue weighted by molar-refractivity contribution is 0.251. The molecule has 0 spiro atoms. The monoisotopic (exact) mass is 181 g/mol. The highest BCUT2D eigenvalue weighted by Gasteiger charge is 2.22. The number of nitriles is 1. The molecule has 13 heavy (non-hydrogen) atoms. The van der Waals surface area contributed by atoms with Crippen molar-refractivity contribution >= 4 is 0 Å². The summed E-state index contributed by atoms with van der Waals surface area (Å²) < 4.78 is 0. The van der Waals surface area contributed by atoms with Crippen LogP contribution < -0.4 is 0 Å². The fourth-order valence-corrected chi connectivity index (χ4v) is 1.84. The van der Waals surface area contributed by atoms with Gasteiger partial charge in [-0.25, -0.2) is 0 Å². The highest BCUT2D eigenvalue weighted by molar-refractivity contribution is 4.88. The lowest BCUT2D eigenvalue weighted by atomic mass is 10.1.